The molecule has 1 heterocycles. The van der Waals surface area contributed by atoms with Crippen molar-refractivity contribution in [1.82, 2.24) is 4.31 Å². The van der Waals surface area contributed by atoms with Gasteiger partial charge in [0.25, 0.3) is 0 Å². The Labute approximate surface area is 102 Å². The third-order valence-electron chi connectivity index (χ3n) is 3.79. The largest absolute Gasteiger partial charge is 0.480 e. The highest BCUT2D eigenvalue weighted by Gasteiger charge is 2.41. The predicted molar refractivity (Wildman–Crippen MR) is 63.2 cm³/mol. The first-order chi connectivity index (χ1) is 8.03. The molecular weight excluding hydrogens is 242 g/mol. The Morgan fingerprint density at radius 1 is 1.06 bits per heavy atom. The van der Waals surface area contributed by atoms with Crippen LogP contribution in [0, 0.1) is 0 Å². The molecule has 1 N–H and O–H groups in total. The molecule has 0 spiro atoms. The Hall–Kier alpha value is -0.620. The zero-order valence-corrected chi connectivity index (χ0v) is 10.7. The van der Waals surface area contributed by atoms with Gasteiger partial charge in [-0.15, -0.1) is 0 Å². The molecule has 0 aromatic heterocycles. The minimum absolute atomic E-state index is 0.345. The van der Waals surface area contributed by atoms with Crippen LogP contribution < -0.4 is 0 Å². The van der Waals surface area contributed by atoms with Crippen LogP contribution in [0.4, 0.5) is 0 Å². The second kappa shape index (κ2) is 4.94. The lowest BCUT2D eigenvalue weighted by atomic mass is 10.1. The second-order valence-corrected chi connectivity index (χ2v) is 7.08. The maximum Gasteiger partial charge on any atom is 0.322 e. The van der Waals surface area contributed by atoms with Gasteiger partial charge in [-0.3, -0.25) is 4.79 Å². The third-order valence-corrected chi connectivity index (χ3v) is 6.19. The highest BCUT2D eigenvalue weighted by molar-refractivity contribution is 7.89. The van der Waals surface area contributed by atoms with Crippen LogP contribution in [0.2, 0.25) is 0 Å². The van der Waals surface area contributed by atoms with Gasteiger partial charge >= 0.3 is 5.97 Å². The van der Waals surface area contributed by atoms with Gasteiger partial charge in [-0.2, -0.15) is 4.31 Å². The number of rotatable bonds is 3. The zero-order chi connectivity index (χ0) is 12.5. The highest BCUT2D eigenvalue weighted by atomic mass is 32.2. The van der Waals surface area contributed by atoms with Crippen molar-refractivity contribution in [2.45, 2.75) is 56.2 Å². The van der Waals surface area contributed by atoms with E-state index in [1.165, 1.54) is 4.31 Å². The summed E-state index contributed by atoms with van der Waals surface area (Å²) < 4.78 is 26.0. The van der Waals surface area contributed by atoms with Crippen molar-refractivity contribution in [2.75, 3.05) is 6.54 Å². The van der Waals surface area contributed by atoms with E-state index >= 15 is 0 Å². The van der Waals surface area contributed by atoms with E-state index < -0.39 is 22.0 Å². The van der Waals surface area contributed by atoms with E-state index in [1.807, 2.05) is 0 Å². The molecule has 2 fully saturated rings. The monoisotopic (exact) mass is 261 g/mol. The van der Waals surface area contributed by atoms with Crippen molar-refractivity contribution < 1.29 is 18.3 Å². The van der Waals surface area contributed by atoms with Gasteiger partial charge < -0.3 is 5.11 Å². The number of hydrogen-bond acceptors (Lipinski definition) is 3. The summed E-state index contributed by atoms with van der Waals surface area (Å²) in [6.07, 6.45) is 5.27. The number of piperidine rings is 1. The van der Waals surface area contributed by atoms with Crippen molar-refractivity contribution in [2.24, 2.45) is 0 Å². The van der Waals surface area contributed by atoms with Crippen LogP contribution in [0.5, 0.6) is 0 Å². The van der Waals surface area contributed by atoms with Crippen LogP contribution >= 0.6 is 0 Å². The molecule has 17 heavy (non-hydrogen) atoms. The van der Waals surface area contributed by atoms with Crippen LogP contribution in [-0.2, 0) is 14.8 Å². The molecule has 1 saturated heterocycles. The van der Waals surface area contributed by atoms with Crippen LogP contribution in [0.1, 0.15) is 44.9 Å². The standard InChI is InChI=1S/C11H19NO4S/c13-11(14)10-7-3-4-8-12(10)17(15,16)9-5-1-2-6-9/h9-10H,1-8H2,(H,13,14)/t10-/m0/s1. The van der Waals surface area contributed by atoms with Gasteiger partial charge in [0.1, 0.15) is 6.04 Å². The van der Waals surface area contributed by atoms with Gasteiger partial charge in [0.2, 0.25) is 10.0 Å². The first-order valence-corrected chi connectivity index (χ1v) is 7.77. The molecule has 5 nitrogen and oxygen atoms in total. The molecule has 0 aromatic carbocycles. The molecule has 1 atom stereocenters. The van der Waals surface area contributed by atoms with Crippen LogP contribution in [0.25, 0.3) is 0 Å². The summed E-state index contributed by atoms with van der Waals surface area (Å²) in [5, 5.41) is 8.76. The first-order valence-electron chi connectivity index (χ1n) is 6.27. The third kappa shape index (κ3) is 2.47. The lowest BCUT2D eigenvalue weighted by Gasteiger charge is -2.33. The maximum absolute atomic E-state index is 12.4. The molecule has 0 radical (unpaired) electrons. The lowest BCUT2D eigenvalue weighted by molar-refractivity contribution is -0.142. The molecule has 6 heteroatoms. The number of carboxylic acids is 1. The van der Waals surface area contributed by atoms with Crippen molar-refractivity contribution in [3.05, 3.63) is 0 Å². The molecule has 0 amide bonds. The van der Waals surface area contributed by atoms with Crippen molar-refractivity contribution in [3.8, 4) is 0 Å². The van der Waals surface area contributed by atoms with Gasteiger partial charge in [-0.25, -0.2) is 8.42 Å². The van der Waals surface area contributed by atoms with Gasteiger partial charge in [-0.1, -0.05) is 12.8 Å². The van der Waals surface area contributed by atoms with E-state index in [2.05, 4.69) is 0 Å². The number of hydrogen-bond donors (Lipinski definition) is 1. The fourth-order valence-electron chi connectivity index (χ4n) is 2.83. The summed E-state index contributed by atoms with van der Waals surface area (Å²) in [4.78, 5) is 11.1. The van der Waals surface area contributed by atoms with Gasteiger partial charge in [0, 0.05) is 6.54 Å². The summed E-state index contributed by atoms with van der Waals surface area (Å²) in [5.41, 5.74) is 0. The molecule has 1 saturated carbocycles. The number of carbonyl (C=O) groups is 1. The van der Waals surface area contributed by atoms with E-state index in [0.29, 0.717) is 25.8 Å². The minimum atomic E-state index is -3.40. The van der Waals surface area contributed by atoms with Gasteiger partial charge in [-0.05, 0) is 32.1 Å². The van der Waals surface area contributed by atoms with E-state index in [0.717, 1.165) is 25.7 Å². The molecule has 98 valence electrons. The fraction of sp³-hybridized carbons (Fsp3) is 0.909. The fourth-order valence-corrected chi connectivity index (χ4v) is 5.08. The quantitative estimate of drug-likeness (QED) is 0.828. The average molecular weight is 261 g/mol. The highest BCUT2D eigenvalue weighted by Crippen LogP contribution is 2.30. The summed E-state index contributed by atoms with van der Waals surface area (Å²) in [7, 11) is -3.40. The number of aliphatic carboxylic acids is 1. The number of carboxylic acid groups (broad SMARTS) is 1. The summed E-state index contributed by atoms with van der Waals surface area (Å²) in [5.74, 6) is -1.01. The predicted octanol–water partition coefficient (Wildman–Crippen LogP) is 1.20. The summed E-state index contributed by atoms with van der Waals surface area (Å²) in [6, 6.07) is -0.839. The van der Waals surface area contributed by atoms with E-state index in [-0.39, 0.29) is 5.25 Å². The Balaban J connectivity index is 2.20. The summed E-state index contributed by atoms with van der Waals surface area (Å²) in [6.45, 7) is 0.371. The molecular formula is C11H19NO4S. The van der Waals surface area contributed by atoms with Crippen molar-refractivity contribution >= 4 is 16.0 Å². The summed E-state index contributed by atoms with van der Waals surface area (Å²) >= 11 is 0. The van der Waals surface area contributed by atoms with E-state index in [1.54, 1.807) is 0 Å². The molecule has 0 bridgehead atoms. The molecule has 0 aromatic rings. The Kier molecular flexibility index (Phi) is 3.73. The maximum atomic E-state index is 12.4. The topological polar surface area (TPSA) is 74.7 Å². The lowest BCUT2D eigenvalue weighted by Crippen LogP contribution is -2.50. The second-order valence-electron chi connectivity index (χ2n) is 4.91. The normalized spacial score (nSPS) is 28.4. The van der Waals surface area contributed by atoms with Crippen LogP contribution in [0.3, 0.4) is 0 Å². The van der Waals surface area contributed by atoms with Gasteiger partial charge in [0.05, 0.1) is 5.25 Å². The molecule has 1 aliphatic carbocycles. The van der Waals surface area contributed by atoms with Crippen LogP contribution in [0.15, 0.2) is 0 Å². The SMILES string of the molecule is O=C(O)[C@@H]1CCCCN1S(=O)(=O)C1CCCC1. The van der Waals surface area contributed by atoms with Crippen molar-refractivity contribution in [1.29, 1.82) is 0 Å². The number of sulfonamides is 1. The Morgan fingerprint density at radius 2 is 1.65 bits per heavy atom. The van der Waals surface area contributed by atoms with E-state index in [4.69, 9.17) is 5.11 Å². The molecule has 2 aliphatic rings. The van der Waals surface area contributed by atoms with Gasteiger partial charge in [0.15, 0.2) is 0 Å². The Morgan fingerprint density at radius 3 is 2.24 bits per heavy atom. The van der Waals surface area contributed by atoms with Crippen molar-refractivity contribution in [3.63, 3.8) is 0 Å². The zero-order valence-electron chi connectivity index (χ0n) is 9.84. The van der Waals surface area contributed by atoms with Crippen LogP contribution in [-0.4, -0.2) is 41.6 Å². The average Bonchev–Trinajstić information content (AvgIpc) is 2.83. The first kappa shape index (κ1) is 12.8. The molecule has 2 rings (SSSR count). The Bertz CT molecular complexity index is 386. The smallest absolute Gasteiger partial charge is 0.322 e. The minimum Gasteiger partial charge on any atom is -0.480 e. The molecule has 1 aliphatic heterocycles. The van der Waals surface area contributed by atoms with E-state index in [9.17, 15) is 13.2 Å². The number of nitrogens with zero attached hydrogens (tertiary/aromatic N) is 1. The molecule has 0 unspecified atom stereocenters.